The van der Waals surface area contributed by atoms with E-state index in [9.17, 15) is 4.79 Å². The predicted molar refractivity (Wildman–Crippen MR) is 152 cm³/mol. The number of fused-ring (bicyclic) bond motifs is 1. The van der Waals surface area contributed by atoms with Crippen LogP contribution in [0.15, 0.2) is 55.0 Å². The van der Waals surface area contributed by atoms with Gasteiger partial charge in [0.25, 0.3) is 5.91 Å². The summed E-state index contributed by atoms with van der Waals surface area (Å²) in [5.74, 6) is 6.74. The average Bonchev–Trinajstić information content (AvgIpc) is 2.88. The minimum atomic E-state index is -0.225. The van der Waals surface area contributed by atoms with Crippen molar-refractivity contribution in [3.63, 3.8) is 0 Å². The van der Waals surface area contributed by atoms with Crippen LogP contribution >= 0.6 is 0 Å². The van der Waals surface area contributed by atoms with Crippen molar-refractivity contribution in [2.24, 2.45) is 11.6 Å². The highest BCUT2D eigenvalue weighted by Gasteiger charge is 2.28. The lowest BCUT2D eigenvalue weighted by atomic mass is 9.59. The van der Waals surface area contributed by atoms with E-state index in [0.29, 0.717) is 17.1 Å². The van der Waals surface area contributed by atoms with E-state index < -0.39 is 0 Å². The number of nitrogens with zero attached hydrogens (tertiary/aromatic N) is 5. The molecule has 1 aliphatic heterocycles. The van der Waals surface area contributed by atoms with Gasteiger partial charge in [-0.1, -0.05) is 25.5 Å². The Morgan fingerprint density at radius 3 is 2.56 bits per heavy atom. The zero-order valence-electron chi connectivity index (χ0n) is 21.5. The number of aromatic nitrogens is 2. The molecule has 3 aromatic rings. The van der Waals surface area contributed by atoms with Gasteiger partial charge in [-0.05, 0) is 40.6 Å². The fourth-order valence-corrected chi connectivity index (χ4v) is 4.37. The summed E-state index contributed by atoms with van der Waals surface area (Å²) in [4.78, 5) is 26.8. The molecule has 1 aromatic carbocycles. The molecule has 0 bridgehead atoms. The van der Waals surface area contributed by atoms with Crippen LogP contribution in [0.1, 0.15) is 29.3 Å². The van der Waals surface area contributed by atoms with Crippen LogP contribution in [-0.2, 0) is 0 Å². The summed E-state index contributed by atoms with van der Waals surface area (Å²) >= 11 is 0. The fourth-order valence-electron chi connectivity index (χ4n) is 4.37. The van der Waals surface area contributed by atoms with Crippen molar-refractivity contribution in [1.82, 2.24) is 19.9 Å². The number of pyridine rings is 2. The number of nitrogens with one attached hydrogen (secondary N) is 1. The number of nitrogens with two attached hydrogens (primary N) is 2. The van der Waals surface area contributed by atoms with Gasteiger partial charge in [0.05, 0.1) is 5.70 Å². The Morgan fingerprint density at radius 1 is 1.11 bits per heavy atom. The standard InChI is InChI=1S/C25H34B2N8O/c1-3-25(26,27)35-10-8-34(9-11-35)23-14-18(6-7-30-23)24(36)32-22-13-20-12-17(21(28)16-33(2)29)4-5-19(20)15-31-22/h4-7,12-16H,3,8-11,26-29H2,1-2H3,(H,31,32,36)/b21-16-. The molecular formula is C25H34B2N8O. The molecule has 5 N–H and O–H groups in total. The summed E-state index contributed by atoms with van der Waals surface area (Å²) in [5, 5.41) is 6.38. The molecule has 1 aliphatic rings. The lowest BCUT2D eigenvalue weighted by Gasteiger charge is -2.44. The van der Waals surface area contributed by atoms with Gasteiger partial charge in [0, 0.05) is 62.8 Å². The molecular weight excluding hydrogens is 450 g/mol. The summed E-state index contributed by atoms with van der Waals surface area (Å²) in [5.41, 5.74) is 8.07. The Bertz CT molecular complexity index is 1270. The maximum atomic E-state index is 13.0. The first-order valence-electron chi connectivity index (χ1n) is 12.3. The second-order valence-electron chi connectivity index (χ2n) is 9.88. The van der Waals surface area contributed by atoms with E-state index in [1.54, 1.807) is 31.7 Å². The van der Waals surface area contributed by atoms with Crippen LogP contribution in [0.3, 0.4) is 0 Å². The molecule has 1 saturated heterocycles. The highest BCUT2D eigenvalue weighted by molar-refractivity contribution is 6.39. The number of piperazine rings is 1. The Labute approximate surface area is 214 Å². The van der Waals surface area contributed by atoms with Crippen molar-refractivity contribution >= 4 is 49.7 Å². The van der Waals surface area contributed by atoms with Crippen LogP contribution in [0.25, 0.3) is 16.5 Å². The molecule has 186 valence electrons. The van der Waals surface area contributed by atoms with Gasteiger partial charge in [-0.2, -0.15) is 0 Å². The van der Waals surface area contributed by atoms with Gasteiger partial charge in [0.15, 0.2) is 0 Å². The van der Waals surface area contributed by atoms with Crippen molar-refractivity contribution in [1.29, 1.82) is 0 Å². The van der Waals surface area contributed by atoms with Gasteiger partial charge in [0.1, 0.15) is 27.3 Å². The number of anilines is 2. The van der Waals surface area contributed by atoms with E-state index in [4.69, 9.17) is 11.6 Å². The van der Waals surface area contributed by atoms with Gasteiger partial charge >= 0.3 is 0 Å². The first kappa shape index (κ1) is 25.5. The number of rotatable bonds is 7. The van der Waals surface area contributed by atoms with Crippen molar-refractivity contribution in [2.45, 2.75) is 18.7 Å². The van der Waals surface area contributed by atoms with Crippen molar-refractivity contribution in [3.05, 3.63) is 66.1 Å². The molecule has 0 radical (unpaired) electrons. The molecule has 4 rings (SSSR count). The molecule has 0 atom stereocenters. The maximum absolute atomic E-state index is 13.0. The molecule has 0 unspecified atom stereocenters. The topological polar surface area (TPSA) is 117 Å². The van der Waals surface area contributed by atoms with Crippen molar-refractivity contribution < 1.29 is 4.79 Å². The van der Waals surface area contributed by atoms with E-state index in [-0.39, 0.29) is 11.2 Å². The summed E-state index contributed by atoms with van der Waals surface area (Å²) in [7, 11) is 6.29. The largest absolute Gasteiger partial charge is 0.397 e. The lowest BCUT2D eigenvalue weighted by Crippen LogP contribution is -2.58. The number of benzene rings is 1. The minimum Gasteiger partial charge on any atom is -0.397 e. The second kappa shape index (κ2) is 10.6. The summed E-state index contributed by atoms with van der Waals surface area (Å²) in [6, 6.07) is 11.2. The van der Waals surface area contributed by atoms with E-state index in [1.807, 2.05) is 30.3 Å². The van der Waals surface area contributed by atoms with E-state index >= 15 is 0 Å². The molecule has 3 heterocycles. The van der Waals surface area contributed by atoms with Gasteiger partial charge in [-0.25, -0.2) is 15.8 Å². The van der Waals surface area contributed by atoms with Crippen molar-refractivity contribution in [2.75, 3.05) is 43.4 Å². The molecule has 0 spiro atoms. The SMILES string of the molecule is BC(B)(CC)N1CCN(c2cc(C(=O)Nc3cc4cc(/C(N)=C/N(C)N)ccc4cn3)ccn2)CC1. The minimum absolute atomic E-state index is 0.192. The number of hydrogen-bond donors (Lipinski definition) is 3. The van der Waals surface area contributed by atoms with Crippen LogP contribution in [0.4, 0.5) is 11.6 Å². The summed E-state index contributed by atoms with van der Waals surface area (Å²) in [6.07, 6.45) is 6.19. The highest BCUT2D eigenvalue weighted by atomic mass is 16.1. The van der Waals surface area contributed by atoms with Crippen LogP contribution in [0.2, 0.25) is 0 Å². The van der Waals surface area contributed by atoms with Gasteiger partial charge in [-0.3, -0.25) is 4.79 Å². The Balaban J connectivity index is 1.47. The number of carbonyl (C=O) groups excluding carboxylic acids is 1. The summed E-state index contributed by atoms with van der Waals surface area (Å²) in [6.45, 7) is 5.94. The number of hydrogen-bond acceptors (Lipinski definition) is 8. The number of hydrazine groups is 1. The first-order chi connectivity index (χ1) is 17.2. The second-order valence-corrected chi connectivity index (χ2v) is 9.88. The Hall–Kier alpha value is -3.56. The maximum Gasteiger partial charge on any atom is 0.257 e. The number of amides is 1. The third-order valence-corrected chi connectivity index (χ3v) is 6.97. The van der Waals surface area contributed by atoms with Crippen molar-refractivity contribution in [3.8, 4) is 0 Å². The molecule has 36 heavy (non-hydrogen) atoms. The third-order valence-electron chi connectivity index (χ3n) is 6.97. The van der Waals surface area contributed by atoms with Crippen LogP contribution in [0, 0.1) is 0 Å². The number of carbonyl (C=O) groups is 1. The molecule has 0 saturated carbocycles. The van der Waals surface area contributed by atoms with Crippen LogP contribution < -0.4 is 21.8 Å². The van der Waals surface area contributed by atoms with Gasteiger partial charge in [0.2, 0.25) is 0 Å². The molecule has 0 aliphatic carbocycles. The van der Waals surface area contributed by atoms with Gasteiger partial charge < -0.3 is 25.9 Å². The third kappa shape index (κ3) is 5.80. The average molecular weight is 484 g/mol. The van der Waals surface area contributed by atoms with Crippen LogP contribution in [-0.4, -0.2) is 80.0 Å². The highest BCUT2D eigenvalue weighted by Crippen LogP contribution is 2.23. The zero-order chi connectivity index (χ0) is 25.9. The quantitative estimate of drug-likeness (QED) is 0.251. The predicted octanol–water partition coefficient (Wildman–Crippen LogP) is 0.397. The first-order valence-corrected chi connectivity index (χ1v) is 12.3. The Kier molecular flexibility index (Phi) is 7.51. The molecule has 2 aromatic heterocycles. The molecule has 9 nitrogen and oxygen atoms in total. The van der Waals surface area contributed by atoms with Crippen LogP contribution in [0.5, 0.6) is 0 Å². The van der Waals surface area contributed by atoms with E-state index in [0.717, 1.165) is 54.8 Å². The monoisotopic (exact) mass is 484 g/mol. The normalized spacial score (nSPS) is 15.2. The van der Waals surface area contributed by atoms with E-state index in [2.05, 4.69) is 47.7 Å². The molecule has 1 fully saturated rings. The van der Waals surface area contributed by atoms with E-state index in [1.165, 1.54) is 5.01 Å². The molecule has 1 amide bonds. The fraction of sp³-hybridized carbons (Fsp3) is 0.320. The van der Waals surface area contributed by atoms with Gasteiger partial charge in [-0.15, -0.1) is 0 Å². The summed E-state index contributed by atoms with van der Waals surface area (Å²) < 4.78 is 0. The Morgan fingerprint density at radius 2 is 1.86 bits per heavy atom. The molecule has 11 heteroatoms. The smallest absolute Gasteiger partial charge is 0.257 e. The zero-order valence-corrected chi connectivity index (χ0v) is 21.5. The lowest BCUT2D eigenvalue weighted by molar-refractivity contribution is 0.102.